The fraction of sp³-hybridized carbons (Fsp3) is 0.467. The Morgan fingerprint density at radius 3 is 2.76 bits per heavy atom. The highest BCUT2D eigenvalue weighted by atomic mass is 32.2. The number of benzene rings is 1. The van der Waals surface area contributed by atoms with Crippen LogP contribution >= 0.6 is 11.8 Å². The molecule has 21 heavy (non-hydrogen) atoms. The molecule has 1 fully saturated rings. The fourth-order valence-corrected chi connectivity index (χ4v) is 3.34. The van der Waals surface area contributed by atoms with Gasteiger partial charge in [-0.3, -0.25) is 0 Å². The molecule has 0 bridgehead atoms. The van der Waals surface area contributed by atoms with Crippen LogP contribution in [0, 0.1) is 5.82 Å². The molecule has 0 amide bonds. The lowest BCUT2D eigenvalue weighted by Crippen LogP contribution is -2.25. The van der Waals surface area contributed by atoms with E-state index in [1.807, 2.05) is 6.07 Å². The van der Waals surface area contributed by atoms with Gasteiger partial charge in [0.05, 0.1) is 5.75 Å². The number of hydrogen-bond acceptors (Lipinski definition) is 5. The summed E-state index contributed by atoms with van der Waals surface area (Å²) in [6.45, 7) is 0. The normalized spacial score (nSPS) is 22.4. The van der Waals surface area contributed by atoms with E-state index in [2.05, 4.69) is 10.1 Å². The Bertz CT molecular complexity index is 596. The monoisotopic (exact) mass is 307 g/mol. The van der Waals surface area contributed by atoms with Crippen molar-refractivity contribution in [3.63, 3.8) is 0 Å². The number of nitrogens with zero attached hydrogens (tertiary/aromatic N) is 2. The van der Waals surface area contributed by atoms with Crippen molar-refractivity contribution in [3.05, 3.63) is 41.8 Å². The van der Waals surface area contributed by atoms with E-state index in [-0.39, 0.29) is 5.82 Å². The van der Waals surface area contributed by atoms with Crippen LogP contribution in [0.3, 0.4) is 0 Å². The van der Waals surface area contributed by atoms with Crippen LogP contribution in [-0.2, 0) is 5.75 Å². The molecule has 1 aliphatic rings. The quantitative estimate of drug-likeness (QED) is 0.876. The topological polar surface area (TPSA) is 64.9 Å². The predicted molar refractivity (Wildman–Crippen MR) is 79.4 cm³/mol. The summed E-state index contributed by atoms with van der Waals surface area (Å²) in [5.74, 6) is 1.94. The van der Waals surface area contributed by atoms with Gasteiger partial charge in [-0.1, -0.05) is 17.3 Å². The molecule has 6 heteroatoms. The third kappa shape index (κ3) is 3.63. The lowest BCUT2D eigenvalue weighted by atomic mass is 9.86. The predicted octanol–water partition coefficient (Wildman–Crippen LogP) is 3.49. The highest BCUT2D eigenvalue weighted by molar-refractivity contribution is 7.98. The minimum absolute atomic E-state index is 0.215. The fourth-order valence-electron chi connectivity index (χ4n) is 2.56. The Balaban J connectivity index is 1.59. The maximum Gasteiger partial charge on any atom is 0.229 e. The highest BCUT2D eigenvalue weighted by Crippen LogP contribution is 2.32. The largest absolute Gasteiger partial charge is 0.339 e. The second-order valence-corrected chi connectivity index (χ2v) is 6.40. The summed E-state index contributed by atoms with van der Waals surface area (Å²) in [7, 11) is 0. The lowest BCUT2D eigenvalue weighted by Gasteiger charge is -2.22. The van der Waals surface area contributed by atoms with Crippen LogP contribution in [0.4, 0.5) is 4.39 Å². The van der Waals surface area contributed by atoms with E-state index < -0.39 is 0 Å². The summed E-state index contributed by atoms with van der Waals surface area (Å²) >= 11 is 1.38. The standard InChI is InChI=1S/C15H18FN3OS/c16-12-3-1-2-4-13(12)21-9-14-18-15(20-19-14)10-5-7-11(17)8-6-10/h1-4,10-11H,5-9,17H2. The minimum Gasteiger partial charge on any atom is -0.339 e. The van der Waals surface area contributed by atoms with Gasteiger partial charge in [-0.25, -0.2) is 4.39 Å². The number of nitrogens with two attached hydrogens (primary N) is 1. The number of halogens is 1. The minimum atomic E-state index is -0.215. The van der Waals surface area contributed by atoms with Crippen LogP contribution in [0.25, 0.3) is 0 Å². The van der Waals surface area contributed by atoms with Crippen molar-refractivity contribution >= 4 is 11.8 Å². The van der Waals surface area contributed by atoms with Gasteiger partial charge in [-0.2, -0.15) is 4.98 Å². The lowest BCUT2D eigenvalue weighted by molar-refractivity contribution is 0.300. The van der Waals surface area contributed by atoms with Crippen LogP contribution in [-0.4, -0.2) is 16.2 Å². The molecule has 2 aromatic rings. The van der Waals surface area contributed by atoms with E-state index in [9.17, 15) is 4.39 Å². The zero-order valence-electron chi connectivity index (χ0n) is 11.7. The number of thioether (sulfide) groups is 1. The molecule has 0 aliphatic heterocycles. The van der Waals surface area contributed by atoms with Crippen molar-refractivity contribution in [2.45, 2.75) is 48.3 Å². The molecule has 2 N–H and O–H groups in total. The van der Waals surface area contributed by atoms with Gasteiger partial charge in [-0.15, -0.1) is 11.8 Å². The molecule has 0 atom stereocenters. The number of rotatable bonds is 4. The molecule has 1 aromatic heterocycles. The van der Waals surface area contributed by atoms with Crippen LogP contribution in [0.15, 0.2) is 33.7 Å². The molecule has 1 heterocycles. The van der Waals surface area contributed by atoms with Crippen LogP contribution in [0.2, 0.25) is 0 Å². The molecule has 0 spiro atoms. The number of aromatic nitrogens is 2. The van der Waals surface area contributed by atoms with Crippen LogP contribution in [0.5, 0.6) is 0 Å². The van der Waals surface area contributed by atoms with E-state index in [0.717, 1.165) is 25.7 Å². The Morgan fingerprint density at radius 1 is 1.24 bits per heavy atom. The average Bonchev–Trinajstić information content (AvgIpc) is 2.96. The van der Waals surface area contributed by atoms with Gasteiger partial charge in [0.2, 0.25) is 5.89 Å². The molecule has 0 saturated heterocycles. The van der Waals surface area contributed by atoms with E-state index >= 15 is 0 Å². The summed E-state index contributed by atoms with van der Waals surface area (Å²) < 4.78 is 18.9. The number of hydrogen-bond donors (Lipinski definition) is 1. The second kappa shape index (κ2) is 6.58. The van der Waals surface area contributed by atoms with E-state index in [4.69, 9.17) is 10.3 Å². The van der Waals surface area contributed by atoms with E-state index in [0.29, 0.717) is 34.3 Å². The van der Waals surface area contributed by atoms with Gasteiger partial charge in [-0.05, 0) is 37.8 Å². The van der Waals surface area contributed by atoms with Gasteiger partial charge in [0.25, 0.3) is 0 Å². The first-order valence-corrected chi connectivity index (χ1v) is 8.16. The summed E-state index contributed by atoms with van der Waals surface area (Å²) in [6, 6.07) is 7.01. The van der Waals surface area contributed by atoms with Crippen molar-refractivity contribution in [1.82, 2.24) is 10.1 Å². The Labute approximate surface area is 127 Å². The molecule has 112 valence electrons. The smallest absolute Gasteiger partial charge is 0.229 e. The Kier molecular flexibility index (Phi) is 4.55. The summed E-state index contributed by atoms with van der Waals surface area (Å²) in [4.78, 5) is 5.05. The molecule has 0 unspecified atom stereocenters. The third-order valence-electron chi connectivity index (χ3n) is 3.80. The van der Waals surface area contributed by atoms with Crippen molar-refractivity contribution in [2.24, 2.45) is 5.73 Å². The Morgan fingerprint density at radius 2 is 2.00 bits per heavy atom. The van der Waals surface area contributed by atoms with Gasteiger partial charge < -0.3 is 10.3 Å². The molecule has 0 radical (unpaired) electrons. The van der Waals surface area contributed by atoms with Crippen LogP contribution < -0.4 is 5.73 Å². The molecule has 1 aromatic carbocycles. The van der Waals surface area contributed by atoms with Gasteiger partial charge in [0, 0.05) is 16.9 Å². The van der Waals surface area contributed by atoms with Crippen molar-refractivity contribution in [2.75, 3.05) is 0 Å². The highest BCUT2D eigenvalue weighted by Gasteiger charge is 2.24. The van der Waals surface area contributed by atoms with Crippen molar-refractivity contribution < 1.29 is 8.91 Å². The zero-order chi connectivity index (χ0) is 14.7. The molecule has 1 aliphatic carbocycles. The summed E-state index contributed by atoms with van der Waals surface area (Å²) in [5, 5.41) is 3.99. The van der Waals surface area contributed by atoms with Crippen molar-refractivity contribution in [3.8, 4) is 0 Å². The molecular weight excluding hydrogens is 289 g/mol. The first kappa shape index (κ1) is 14.5. The zero-order valence-corrected chi connectivity index (χ0v) is 12.5. The second-order valence-electron chi connectivity index (χ2n) is 5.38. The van der Waals surface area contributed by atoms with Crippen LogP contribution in [0.1, 0.15) is 43.3 Å². The molecule has 1 saturated carbocycles. The van der Waals surface area contributed by atoms with Gasteiger partial charge >= 0.3 is 0 Å². The SMILES string of the molecule is NC1CCC(c2nc(CSc3ccccc3F)no2)CC1. The maximum atomic E-state index is 13.5. The molecule has 4 nitrogen and oxygen atoms in total. The Hall–Kier alpha value is -1.40. The first-order valence-electron chi connectivity index (χ1n) is 7.18. The average molecular weight is 307 g/mol. The summed E-state index contributed by atoms with van der Waals surface area (Å²) in [6.07, 6.45) is 4.02. The van der Waals surface area contributed by atoms with E-state index in [1.165, 1.54) is 17.8 Å². The maximum absolute atomic E-state index is 13.5. The van der Waals surface area contributed by atoms with Gasteiger partial charge in [0.1, 0.15) is 5.82 Å². The first-order chi connectivity index (χ1) is 10.2. The van der Waals surface area contributed by atoms with Gasteiger partial charge in [0.15, 0.2) is 5.82 Å². The molecular formula is C15H18FN3OS. The third-order valence-corrected chi connectivity index (χ3v) is 4.84. The summed E-state index contributed by atoms with van der Waals surface area (Å²) in [5.41, 5.74) is 5.90. The van der Waals surface area contributed by atoms with Crippen molar-refractivity contribution in [1.29, 1.82) is 0 Å². The van der Waals surface area contributed by atoms with E-state index in [1.54, 1.807) is 12.1 Å². The molecule has 3 rings (SSSR count).